The molecule has 2 aliphatic rings. The van der Waals surface area contributed by atoms with Crippen molar-refractivity contribution in [2.24, 2.45) is 0 Å². The van der Waals surface area contributed by atoms with Crippen molar-refractivity contribution in [2.45, 2.75) is 57.6 Å². The third-order valence-corrected chi connectivity index (χ3v) is 6.84. The highest BCUT2D eigenvalue weighted by Gasteiger charge is 2.31. The van der Waals surface area contributed by atoms with Crippen LogP contribution < -0.4 is 5.32 Å². The van der Waals surface area contributed by atoms with Crippen LogP contribution in [0.5, 0.6) is 0 Å². The number of imidazole rings is 1. The lowest BCUT2D eigenvalue weighted by molar-refractivity contribution is 0.278. The molecule has 1 aliphatic heterocycles. The van der Waals surface area contributed by atoms with Gasteiger partial charge in [-0.25, -0.2) is 4.98 Å². The molecule has 1 saturated carbocycles. The molecule has 2 N–H and O–H groups in total. The Bertz CT molecular complexity index is 1050. The number of halogens is 1. The summed E-state index contributed by atoms with van der Waals surface area (Å²) in [5.41, 5.74) is 6.98. The number of nitrogens with one attached hydrogen (secondary N) is 1. The Labute approximate surface area is 176 Å². The number of nitrogens with zero attached hydrogens (tertiary/aromatic N) is 2. The number of hydrogen-bond donors (Lipinski definition) is 2. The van der Waals surface area contributed by atoms with Crippen molar-refractivity contribution < 1.29 is 5.11 Å². The maximum atomic E-state index is 9.70. The molecular formula is C24H26ClN3O. The SMILES string of the molecule is Cc1nc([C@H]2CC[C@@H](c3ccccc3CO)CC2)n2c1CNc1cc(Cl)ccc1-2. The molecule has 2 aromatic carbocycles. The van der Waals surface area contributed by atoms with E-state index in [9.17, 15) is 5.11 Å². The largest absolute Gasteiger partial charge is 0.392 e. The minimum Gasteiger partial charge on any atom is -0.392 e. The Morgan fingerprint density at radius 3 is 2.66 bits per heavy atom. The lowest BCUT2D eigenvalue weighted by Gasteiger charge is -2.31. The van der Waals surface area contributed by atoms with E-state index in [-0.39, 0.29) is 6.61 Å². The number of rotatable bonds is 3. The Morgan fingerprint density at radius 2 is 1.86 bits per heavy atom. The summed E-state index contributed by atoms with van der Waals surface area (Å²) in [7, 11) is 0. The van der Waals surface area contributed by atoms with Crippen LogP contribution in [0.3, 0.4) is 0 Å². The fourth-order valence-corrected chi connectivity index (χ4v) is 5.27. The molecule has 5 heteroatoms. The average Bonchev–Trinajstić information content (AvgIpc) is 3.10. The van der Waals surface area contributed by atoms with E-state index in [2.05, 4.69) is 35.0 Å². The summed E-state index contributed by atoms with van der Waals surface area (Å²) in [5.74, 6) is 2.18. The Morgan fingerprint density at radius 1 is 1.10 bits per heavy atom. The predicted octanol–water partition coefficient (Wildman–Crippen LogP) is 5.69. The molecule has 0 amide bonds. The van der Waals surface area contributed by atoms with Gasteiger partial charge in [0.15, 0.2) is 0 Å². The predicted molar refractivity (Wildman–Crippen MR) is 117 cm³/mol. The molecule has 0 saturated heterocycles. The van der Waals surface area contributed by atoms with Crippen molar-refractivity contribution in [1.29, 1.82) is 0 Å². The van der Waals surface area contributed by atoms with Crippen molar-refractivity contribution in [1.82, 2.24) is 9.55 Å². The maximum absolute atomic E-state index is 9.70. The fourth-order valence-electron chi connectivity index (χ4n) is 5.10. The summed E-state index contributed by atoms with van der Waals surface area (Å²) >= 11 is 6.21. The van der Waals surface area contributed by atoms with Gasteiger partial charge in [-0.1, -0.05) is 35.9 Å². The summed E-state index contributed by atoms with van der Waals surface area (Å²) < 4.78 is 2.37. The first-order chi connectivity index (χ1) is 14.2. The topological polar surface area (TPSA) is 50.1 Å². The summed E-state index contributed by atoms with van der Waals surface area (Å²) in [4.78, 5) is 5.02. The first-order valence-electron chi connectivity index (χ1n) is 10.5. The van der Waals surface area contributed by atoms with Gasteiger partial charge in [-0.05, 0) is 67.9 Å². The summed E-state index contributed by atoms with van der Waals surface area (Å²) in [6.45, 7) is 3.02. The van der Waals surface area contributed by atoms with E-state index in [4.69, 9.17) is 16.6 Å². The van der Waals surface area contributed by atoms with Crippen LogP contribution in [0.25, 0.3) is 5.69 Å². The smallest absolute Gasteiger partial charge is 0.117 e. The number of hydrogen-bond acceptors (Lipinski definition) is 3. The van der Waals surface area contributed by atoms with Crippen LogP contribution in [-0.4, -0.2) is 14.7 Å². The zero-order valence-corrected chi connectivity index (χ0v) is 17.4. The summed E-state index contributed by atoms with van der Waals surface area (Å²) in [6.07, 6.45) is 4.51. The van der Waals surface area contributed by atoms with Crippen LogP contribution in [0.4, 0.5) is 5.69 Å². The number of aryl methyl sites for hydroxylation is 1. The molecule has 29 heavy (non-hydrogen) atoms. The molecule has 4 nitrogen and oxygen atoms in total. The van der Waals surface area contributed by atoms with Gasteiger partial charge in [-0.3, -0.25) is 4.57 Å². The van der Waals surface area contributed by atoms with Gasteiger partial charge in [0.05, 0.1) is 35.9 Å². The number of benzene rings is 2. The zero-order chi connectivity index (χ0) is 20.0. The van der Waals surface area contributed by atoms with E-state index in [1.165, 1.54) is 17.1 Å². The summed E-state index contributed by atoms with van der Waals surface area (Å²) in [5, 5.41) is 13.9. The molecule has 0 spiro atoms. The highest BCUT2D eigenvalue weighted by molar-refractivity contribution is 6.31. The van der Waals surface area contributed by atoms with Crippen LogP contribution in [-0.2, 0) is 13.2 Å². The second-order valence-corrected chi connectivity index (χ2v) is 8.69. The van der Waals surface area contributed by atoms with Crippen molar-refractivity contribution >= 4 is 17.3 Å². The van der Waals surface area contributed by atoms with E-state index in [1.54, 1.807) is 0 Å². The quantitative estimate of drug-likeness (QED) is 0.586. The van der Waals surface area contributed by atoms with E-state index in [0.717, 1.165) is 59.9 Å². The molecule has 0 atom stereocenters. The van der Waals surface area contributed by atoms with E-state index < -0.39 is 0 Å². The summed E-state index contributed by atoms with van der Waals surface area (Å²) in [6, 6.07) is 14.4. The Balaban J connectivity index is 1.43. The highest BCUT2D eigenvalue weighted by Crippen LogP contribution is 2.43. The maximum Gasteiger partial charge on any atom is 0.117 e. The van der Waals surface area contributed by atoms with Crippen molar-refractivity contribution in [3.8, 4) is 5.69 Å². The Kier molecular flexibility index (Phi) is 4.84. The van der Waals surface area contributed by atoms with Crippen LogP contribution in [0.2, 0.25) is 5.02 Å². The van der Waals surface area contributed by atoms with E-state index in [1.807, 2.05) is 24.3 Å². The van der Waals surface area contributed by atoms with Gasteiger partial charge in [0.25, 0.3) is 0 Å². The van der Waals surface area contributed by atoms with E-state index >= 15 is 0 Å². The molecule has 0 radical (unpaired) electrons. The monoisotopic (exact) mass is 407 g/mol. The molecule has 2 heterocycles. The van der Waals surface area contributed by atoms with Gasteiger partial charge in [0, 0.05) is 10.9 Å². The Hall–Kier alpha value is -2.30. The molecule has 1 fully saturated rings. The second-order valence-electron chi connectivity index (χ2n) is 8.26. The van der Waals surface area contributed by atoms with Gasteiger partial charge in [0.2, 0.25) is 0 Å². The van der Waals surface area contributed by atoms with Crippen molar-refractivity contribution in [2.75, 3.05) is 5.32 Å². The van der Waals surface area contributed by atoms with Crippen molar-refractivity contribution in [3.05, 3.63) is 75.8 Å². The third kappa shape index (κ3) is 3.24. The standard InChI is InChI=1S/C24H26ClN3O/c1-15-23-13-26-21-12-19(25)10-11-22(21)28(23)24(27-15)17-8-6-16(7-9-17)20-5-3-2-4-18(20)14-29/h2-5,10-12,16-17,26,29H,6-9,13-14H2,1H3/t16-,17+. The van der Waals surface area contributed by atoms with Crippen molar-refractivity contribution in [3.63, 3.8) is 0 Å². The molecular weight excluding hydrogens is 382 g/mol. The first-order valence-corrected chi connectivity index (χ1v) is 10.8. The normalized spacial score (nSPS) is 20.7. The number of anilines is 1. The lowest BCUT2D eigenvalue weighted by atomic mass is 9.77. The van der Waals surface area contributed by atoms with Gasteiger partial charge >= 0.3 is 0 Å². The number of aliphatic hydroxyl groups is 1. The minimum absolute atomic E-state index is 0.120. The minimum atomic E-state index is 0.120. The van der Waals surface area contributed by atoms with Gasteiger partial charge in [-0.2, -0.15) is 0 Å². The van der Waals surface area contributed by atoms with Gasteiger partial charge < -0.3 is 10.4 Å². The van der Waals surface area contributed by atoms with Crippen LogP contribution >= 0.6 is 11.6 Å². The lowest BCUT2D eigenvalue weighted by Crippen LogP contribution is -2.20. The average molecular weight is 408 g/mol. The molecule has 150 valence electrons. The molecule has 0 unspecified atom stereocenters. The molecule has 5 rings (SSSR count). The molecule has 1 aromatic heterocycles. The molecule has 0 bridgehead atoms. The fraction of sp³-hybridized carbons (Fsp3) is 0.375. The highest BCUT2D eigenvalue weighted by atomic mass is 35.5. The zero-order valence-electron chi connectivity index (χ0n) is 16.7. The van der Waals surface area contributed by atoms with Crippen LogP contribution in [0.1, 0.15) is 65.9 Å². The van der Waals surface area contributed by atoms with E-state index in [0.29, 0.717) is 11.8 Å². The molecule has 1 aliphatic carbocycles. The van der Waals surface area contributed by atoms with Gasteiger partial charge in [0.1, 0.15) is 5.82 Å². The third-order valence-electron chi connectivity index (χ3n) is 6.60. The van der Waals surface area contributed by atoms with Gasteiger partial charge in [-0.15, -0.1) is 0 Å². The molecule has 3 aromatic rings. The van der Waals surface area contributed by atoms with Crippen LogP contribution in [0, 0.1) is 6.92 Å². The second kappa shape index (κ2) is 7.51. The number of fused-ring (bicyclic) bond motifs is 3. The first kappa shape index (κ1) is 18.7. The van der Waals surface area contributed by atoms with Crippen LogP contribution in [0.15, 0.2) is 42.5 Å². The number of aromatic nitrogens is 2. The number of aliphatic hydroxyl groups excluding tert-OH is 1.